The minimum Gasteiger partial charge on any atom is -0.500 e. The first-order valence-corrected chi connectivity index (χ1v) is 8.30. The largest absolute Gasteiger partial charge is 0.500 e. The Hall–Kier alpha value is -3.30. The Balaban J connectivity index is 2.51. The van der Waals surface area contributed by atoms with E-state index in [9.17, 15) is 24.8 Å². The molecule has 146 valence electrons. The van der Waals surface area contributed by atoms with Crippen LogP contribution < -0.4 is 15.4 Å². The summed E-state index contributed by atoms with van der Waals surface area (Å²) in [5, 5.41) is 26.2. The maximum Gasteiger partial charge on any atom is 0.338 e. The van der Waals surface area contributed by atoms with Gasteiger partial charge in [-0.25, -0.2) is 9.59 Å². The molecule has 0 aliphatic carbocycles. The summed E-state index contributed by atoms with van der Waals surface area (Å²) >= 11 is 0. The van der Waals surface area contributed by atoms with Crippen LogP contribution in [0, 0.1) is 10.1 Å². The van der Waals surface area contributed by atoms with Crippen molar-refractivity contribution < 1.29 is 29.1 Å². The number of phenols is 1. The molecule has 2 amide bonds. The van der Waals surface area contributed by atoms with Crippen LogP contribution in [0.2, 0.25) is 0 Å². The maximum absolute atomic E-state index is 12.5. The van der Waals surface area contributed by atoms with E-state index in [2.05, 4.69) is 10.6 Å². The molecule has 0 spiro atoms. The van der Waals surface area contributed by atoms with Crippen molar-refractivity contribution in [3.63, 3.8) is 0 Å². The summed E-state index contributed by atoms with van der Waals surface area (Å²) in [6.45, 7) is 3.70. The van der Waals surface area contributed by atoms with Gasteiger partial charge in [0.2, 0.25) is 5.75 Å². The van der Waals surface area contributed by atoms with Crippen LogP contribution in [-0.2, 0) is 9.53 Å². The molecular formula is C17H21N3O7. The number of benzene rings is 1. The van der Waals surface area contributed by atoms with E-state index in [4.69, 9.17) is 9.47 Å². The second-order valence-corrected chi connectivity index (χ2v) is 5.91. The molecule has 1 atom stereocenters. The van der Waals surface area contributed by atoms with Crippen molar-refractivity contribution in [1.29, 1.82) is 0 Å². The van der Waals surface area contributed by atoms with Gasteiger partial charge in [0.15, 0.2) is 5.75 Å². The van der Waals surface area contributed by atoms with Crippen molar-refractivity contribution in [3.8, 4) is 11.5 Å². The lowest BCUT2D eigenvalue weighted by Crippen LogP contribution is -2.45. The quantitative estimate of drug-likeness (QED) is 0.286. The van der Waals surface area contributed by atoms with Crippen LogP contribution in [0.3, 0.4) is 0 Å². The third kappa shape index (κ3) is 4.27. The number of carbonyl (C=O) groups excluding carboxylic acids is 2. The van der Waals surface area contributed by atoms with Gasteiger partial charge < -0.3 is 25.2 Å². The van der Waals surface area contributed by atoms with Crippen molar-refractivity contribution in [2.45, 2.75) is 32.7 Å². The lowest BCUT2D eigenvalue weighted by atomic mass is 9.94. The van der Waals surface area contributed by atoms with Gasteiger partial charge in [0.25, 0.3) is 0 Å². The number of unbranched alkanes of at least 4 members (excludes halogenated alkanes) is 1. The third-order valence-corrected chi connectivity index (χ3v) is 4.05. The van der Waals surface area contributed by atoms with Crippen LogP contribution in [0.1, 0.15) is 38.3 Å². The van der Waals surface area contributed by atoms with E-state index in [1.54, 1.807) is 0 Å². The standard InChI is InChI=1S/C17H21N3O7/c1-4-5-6-27-16(22)13-9(2)18-17(23)19-14(13)10-7-11(20(24)25)15(21)12(8-10)26-3/h7-8,14,21H,4-6H2,1-3H3,(H2,18,19,23). The first-order chi connectivity index (χ1) is 12.8. The number of hydrogen-bond donors (Lipinski definition) is 3. The van der Waals surface area contributed by atoms with E-state index in [0.29, 0.717) is 6.42 Å². The fourth-order valence-corrected chi connectivity index (χ4v) is 2.68. The normalized spacial score (nSPS) is 16.4. The number of nitro groups is 1. The molecule has 0 saturated carbocycles. The molecular weight excluding hydrogens is 358 g/mol. The molecule has 0 radical (unpaired) electrons. The van der Waals surface area contributed by atoms with Crippen molar-refractivity contribution in [3.05, 3.63) is 39.1 Å². The van der Waals surface area contributed by atoms with Gasteiger partial charge in [-0.1, -0.05) is 13.3 Å². The summed E-state index contributed by atoms with van der Waals surface area (Å²) < 4.78 is 10.2. The zero-order valence-electron chi connectivity index (χ0n) is 15.2. The summed E-state index contributed by atoms with van der Waals surface area (Å²) in [4.78, 5) is 34.9. The number of amides is 2. The number of nitro benzene ring substituents is 1. The molecule has 0 aromatic heterocycles. The van der Waals surface area contributed by atoms with Gasteiger partial charge in [-0.3, -0.25) is 10.1 Å². The lowest BCUT2D eigenvalue weighted by molar-refractivity contribution is -0.386. The molecule has 1 aromatic carbocycles. The Morgan fingerprint density at radius 3 is 2.70 bits per heavy atom. The number of hydrogen-bond acceptors (Lipinski definition) is 7. The third-order valence-electron chi connectivity index (χ3n) is 4.05. The summed E-state index contributed by atoms with van der Waals surface area (Å²) in [5.74, 6) is -1.43. The highest BCUT2D eigenvalue weighted by Crippen LogP contribution is 2.40. The molecule has 1 unspecified atom stereocenters. The fraction of sp³-hybridized carbons (Fsp3) is 0.412. The monoisotopic (exact) mass is 379 g/mol. The van der Waals surface area contributed by atoms with Gasteiger partial charge in [-0.05, 0) is 25.0 Å². The smallest absolute Gasteiger partial charge is 0.338 e. The van der Waals surface area contributed by atoms with Gasteiger partial charge in [0.05, 0.1) is 30.3 Å². The topological polar surface area (TPSA) is 140 Å². The number of nitrogens with zero attached hydrogens (tertiary/aromatic N) is 1. The van der Waals surface area contributed by atoms with Crippen molar-refractivity contribution in [2.24, 2.45) is 0 Å². The number of aromatic hydroxyl groups is 1. The van der Waals surface area contributed by atoms with E-state index in [-0.39, 0.29) is 29.2 Å². The number of methoxy groups -OCH3 is 1. The zero-order valence-corrected chi connectivity index (χ0v) is 15.2. The van der Waals surface area contributed by atoms with Crippen LogP contribution in [0.5, 0.6) is 11.5 Å². The molecule has 10 heteroatoms. The Kier molecular flexibility index (Phi) is 6.22. The van der Waals surface area contributed by atoms with Gasteiger partial charge in [-0.15, -0.1) is 0 Å². The van der Waals surface area contributed by atoms with E-state index in [1.165, 1.54) is 20.1 Å². The van der Waals surface area contributed by atoms with E-state index < -0.39 is 34.4 Å². The van der Waals surface area contributed by atoms with Gasteiger partial charge >= 0.3 is 17.7 Å². The number of ether oxygens (including phenoxy) is 2. The molecule has 1 aliphatic rings. The van der Waals surface area contributed by atoms with Crippen LogP contribution in [0.4, 0.5) is 10.5 Å². The number of allylic oxidation sites excluding steroid dienone is 1. The van der Waals surface area contributed by atoms with Crippen LogP contribution >= 0.6 is 0 Å². The number of carbonyl (C=O) groups is 2. The summed E-state index contributed by atoms with van der Waals surface area (Å²) in [7, 11) is 1.24. The average molecular weight is 379 g/mol. The number of phenolic OH excluding ortho intramolecular Hbond substituents is 1. The van der Waals surface area contributed by atoms with E-state index in [0.717, 1.165) is 12.5 Å². The Labute approximate surface area is 155 Å². The highest BCUT2D eigenvalue weighted by molar-refractivity contribution is 5.95. The van der Waals surface area contributed by atoms with Gasteiger partial charge in [-0.2, -0.15) is 0 Å². The minimum atomic E-state index is -0.999. The first-order valence-electron chi connectivity index (χ1n) is 8.30. The molecule has 0 saturated heterocycles. The van der Waals surface area contributed by atoms with E-state index in [1.807, 2.05) is 6.92 Å². The Bertz CT molecular complexity index is 804. The summed E-state index contributed by atoms with van der Waals surface area (Å²) in [5.41, 5.74) is -0.00540. The Morgan fingerprint density at radius 2 is 2.11 bits per heavy atom. The molecule has 1 heterocycles. The predicted molar refractivity (Wildman–Crippen MR) is 94.3 cm³/mol. The number of esters is 1. The number of rotatable bonds is 7. The zero-order chi connectivity index (χ0) is 20.1. The van der Waals surface area contributed by atoms with Crippen LogP contribution in [0.25, 0.3) is 0 Å². The molecule has 2 rings (SSSR count). The molecule has 0 bridgehead atoms. The molecule has 1 aromatic rings. The van der Waals surface area contributed by atoms with Crippen LogP contribution in [-0.4, -0.2) is 35.7 Å². The lowest BCUT2D eigenvalue weighted by Gasteiger charge is -2.28. The molecule has 10 nitrogen and oxygen atoms in total. The summed E-state index contributed by atoms with van der Waals surface area (Å²) in [6, 6.07) is 0.838. The second-order valence-electron chi connectivity index (χ2n) is 5.91. The molecule has 0 fully saturated rings. The average Bonchev–Trinajstić information content (AvgIpc) is 2.61. The molecule has 27 heavy (non-hydrogen) atoms. The predicted octanol–water partition coefficient (Wildman–Crippen LogP) is 2.28. The minimum absolute atomic E-state index is 0.118. The van der Waals surface area contributed by atoms with E-state index >= 15 is 0 Å². The second kappa shape index (κ2) is 8.39. The SMILES string of the molecule is CCCCOC(=O)C1=C(C)NC(=O)NC1c1cc(OC)c(O)c([N+](=O)[O-])c1. The maximum atomic E-state index is 12.5. The fourth-order valence-electron chi connectivity index (χ4n) is 2.68. The summed E-state index contributed by atoms with van der Waals surface area (Å²) in [6.07, 6.45) is 1.52. The van der Waals surface area contributed by atoms with Crippen molar-refractivity contribution in [1.82, 2.24) is 10.6 Å². The number of nitrogens with one attached hydrogen (secondary N) is 2. The first kappa shape index (κ1) is 20.0. The van der Waals surface area contributed by atoms with Gasteiger partial charge in [0.1, 0.15) is 0 Å². The van der Waals surface area contributed by atoms with Crippen molar-refractivity contribution >= 4 is 17.7 Å². The number of urea groups is 1. The van der Waals surface area contributed by atoms with Gasteiger partial charge in [0, 0.05) is 11.8 Å². The molecule has 1 aliphatic heterocycles. The highest BCUT2D eigenvalue weighted by atomic mass is 16.6. The Morgan fingerprint density at radius 1 is 1.41 bits per heavy atom. The van der Waals surface area contributed by atoms with Crippen LogP contribution in [0.15, 0.2) is 23.4 Å². The highest BCUT2D eigenvalue weighted by Gasteiger charge is 2.34. The van der Waals surface area contributed by atoms with Crippen molar-refractivity contribution in [2.75, 3.05) is 13.7 Å². The molecule has 3 N–H and O–H groups in total.